The van der Waals surface area contributed by atoms with E-state index in [0.717, 1.165) is 36.8 Å². The monoisotopic (exact) mass is 333 g/mol. The Morgan fingerprint density at radius 3 is 2.83 bits per heavy atom. The van der Waals surface area contributed by atoms with Crippen molar-refractivity contribution in [3.05, 3.63) is 28.9 Å². The van der Waals surface area contributed by atoms with Crippen molar-refractivity contribution in [2.24, 2.45) is 0 Å². The molecule has 2 aromatic heterocycles. The number of amides is 1. The number of carbonyl (C=O) groups excluding carboxylic acids is 1. The van der Waals surface area contributed by atoms with Gasteiger partial charge in [0, 0.05) is 38.4 Å². The minimum atomic E-state index is 0.0371. The summed E-state index contributed by atoms with van der Waals surface area (Å²) in [6, 6.07) is 3.74. The van der Waals surface area contributed by atoms with Gasteiger partial charge in [-0.1, -0.05) is 11.4 Å². The van der Waals surface area contributed by atoms with Gasteiger partial charge < -0.3 is 14.5 Å². The number of hydrogen-bond acceptors (Lipinski definition) is 7. The number of aromatic nitrogens is 3. The van der Waals surface area contributed by atoms with Crippen molar-refractivity contribution in [1.29, 1.82) is 0 Å². The van der Waals surface area contributed by atoms with E-state index in [9.17, 15) is 4.79 Å². The molecule has 1 fully saturated rings. The molecule has 0 spiro atoms. The van der Waals surface area contributed by atoms with Crippen LogP contribution in [0.15, 0.2) is 18.3 Å². The van der Waals surface area contributed by atoms with Crippen molar-refractivity contribution < 1.29 is 9.53 Å². The first kappa shape index (κ1) is 15.7. The Morgan fingerprint density at radius 2 is 2.13 bits per heavy atom. The summed E-state index contributed by atoms with van der Waals surface area (Å²) in [7, 11) is 1.64. The molecule has 0 atom stereocenters. The van der Waals surface area contributed by atoms with Crippen LogP contribution in [0.1, 0.15) is 22.3 Å². The highest BCUT2D eigenvalue weighted by molar-refractivity contribution is 7.08. The second-order valence-electron chi connectivity index (χ2n) is 5.24. The van der Waals surface area contributed by atoms with Crippen LogP contribution in [0.5, 0.6) is 5.75 Å². The average Bonchev–Trinajstić information content (AvgIpc) is 3.10. The number of aryl methyl sites for hydroxylation is 1. The van der Waals surface area contributed by atoms with Crippen molar-refractivity contribution in [3.63, 3.8) is 0 Å². The van der Waals surface area contributed by atoms with E-state index < -0.39 is 0 Å². The molecule has 0 N–H and O–H groups in total. The van der Waals surface area contributed by atoms with Crippen LogP contribution < -0.4 is 9.64 Å². The van der Waals surface area contributed by atoms with Crippen molar-refractivity contribution >= 4 is 23.3 Å². The van der Waals surface area contributed by atoms with Crippen LogP contribution >= 0.6 is 11.5 Å². The minimum absolute atomic E-state index is 0.0371. The molecular formula is C15H19N5O2S. The largest absolute Gasteiger partial charge is 0.497 e. The van der Waals surface area contributed by atoms with Gasteiger partial charge in [0.2, 0.25) is 0 Å². The summed E-state index contributed by atoms with van der Waals surface area (Å²) in [5.74, 6) is 1.71. The lowest BCUT2D eigenvalue weighted by Gasteiger charge is -2.35. The van der Waals surface area contributed by atoms with Crippen LogP contribution in [0.4, 0.5) is 5.82 Å². The summed E-state index contributed by atoms with van der Waals surface area (Å²) in [5.41, 5.74) is 0.789. The third kappa shape index (κ3) is 3.26. The predicted molar refractivity (Wildman–Crippen MR) is 88.2 cm³/mol. The molecular weight excluding hydrogens is 314 g/mol. The van der Waals surface area contributed by atoms with E-state index in [4.69, 9.17) is 4.74 Å². The minimum Gasteiger partial charge on any atom is -0.497 e. The van der Waals surface area contributed by atoms with Crippen LogP contribution in [-0.4, -0.2) is 58.7 Å². The van der Waals surface area contributed by atoms with Crippen LogP contribution in [0.3, 0.4) is 0 Å². The van der Waals surface area contributed by atoms with Gasteiger partial charge in [-0.05, 0) is 24.0 Å². The summed E-state index contributed by atoms with van der Waals surface area (Å²) in [4.78, 5) is 21.7. The molecule has 0 saturated carbocycles. The van der Waals surface area contributed by atoms with E-state index >= 15 is 0 Å². The fraction of sp³-hybridized carbons (Fsp3) is 0.467. The molecule has 1 aliphatic rings. The van der Waals surface area contributed by atoms with E-state index in [1.54, 1.807) is 13.3 Å². The lowest BCUT2D eigenvalue weighted by molar-refractivity contribution is 0.0750. The molecule has 3 rings (SSSR count). The molecule has 2 aromatic rings. The molecule has 0 bridgehead atoms. The molecule has 1 aliphatic heterocycles. The molecule has 8 heteroatoms. The molecule has 3 heterocycles. The number of pyridine rings is 1. The van der Waals surface area contributed by atoms with Gasteiger partial charge in [-0.15, -0.1) is 5.10 Å². The number of hydrogen-bond donors (Lipinski definition) is 0. The maximum atomic E-state index is 12.6. The lowest BCUT2D eigenvalue weighted by atomic mass is 10.2. The van der Waals surface area contributed by atoms with Gasteiger partial charge in [0.15, 0.2) is 0 Å². The van der Waals surface area contributed by atoms with Crippen LogP contribution in [0.25, 0.3) is 0 Å². The lowest BCUT2D eigenvalue weighted by Crippen LogP contribution is -2.49. The van der Waals surface area contributed by atoms with Crippen molar-refractivity contribution in [2.45, 2.75) is 13.3 Å². The van der Waals surface area contributed by atoms with Crippen LogP contribution in [-0.2, 0) is 6.42 Å². The standard InChI is InChI=1S/C15H19N5O2S/c1-3-12-14(23-18-17-12)15(21)20-8-6-19(7-9-20)13-10-11(22-2)4-5-16-13/h4-5,10H,3,6-9H2,1-2H3. The summed E-state index contributed by atoms with van der Waals surface area (Å²) in [6.45, 7) is 4.82. The molecule has 122 valence electrons. The highest BCUT2D eigenvalue weighted by atomic mass is 32.1. The Kier molecular flexibility index (Phi) is 4.71. The van der Waals surface area contributed by atoms with E-state index in [1.165, 1.54) is 11.5 Å². The van der Waals surface area contributed by atoms with Crippen LogP contribution in [0.2, 0.25) is 0 Å². The van der Waals surface area contributed by atoms with E-state index in [2.05, 4.69) is 19.5 Å². The topological polar surface area (TPSA) is 71.5 Å². The zero-order valence-corrected chi connectivity index (χ0v) is 14.0. The SMILES string of the molecule is CCc1nnsc1C(=O)N1CCN(c2cc(OC)ccn2)CC1. The molecule has 1 amide bonds. The first-order chi connectivity index (χ1) is 11.2. The Labute approximate surface area is 139 Å². The first-order valence-corrected chi connectivity index (χ1v) is 8.35. The summed E-state index contributed by atoms with van der Waals surface area (Å²) in [5, 5.41) is 4.02. The normalized spacial score (nSPS) is 14.9. The molecule has 0 radical (unpaired) electrons. The van der Waals surface area contributed by atoms with E-state index in [-0.39, 0.29) is 5.91 Å². The number of nitrogens with zero attached hydrogens (tertiary/aromatic N) is 5. The zero-order chi connectivity index (χ0) is 16.2. The number of piperazine rings is 1. The van der Waals surface area contributed by atoms with Gasteiger partial charge >= 0.3 is 0 Å². The van der Waals surface area contributed by atoms with E-state index in [1.807, 2.05) is 24.0 Å². The van der Waals surface area contributed by atoms with Gasteiger partial charge in [0.25, 0.3) is 5.91 Å². The average molecular weight is 333 g/mol. The van der Waals surface area contributed by atoms with Gasteiger partial charge in [-0.25, -0.2) is 4.98 Å². The number of methoxy groups -OCH3 is 1. The van der Waals surface area contributed by atoms with Crippen molar-refractivity contribution in [3.8, 4) is 5.75 Å². The third-order valence-electron chi connectivity index (χ3n) is 3.93. The number of anilines is 1. The van der Waals surface area contributed by atoms with Crippen molar-refractivity contribution in [1.82, 2.24) is 19.5 Å². The maximum absolute atomic E-state index is 12.6. The second-order valence-corrected chi connectivity index (χ2v) is 5.99. The molecule has 1 saturated heterocycles. The van der Waals surface area contributed by atoms with Gasteiger partial charge in [-0.3, -0.25) is 4.79 Å². The third-order valence-corrected chi connectivity index (χ3v) is 4.68. The van der Waals surface area contributed by atoms with Gasteiger partial charge in [0.1, 0.15) is 16.4 Å². The quantitative estimate of drug-likeness (QED) is 0.844. The fourth-order valence-corrected chi connectivity index (χ4v) is 3.30. The number of ether oxygens (including phenoxy) is 1. The van der Waals surface area contributed by atoms with Crippen LogP contribution in [0, 0.1) is 0 Å². The Balaban J connectivity index is 1.65. The number of rotatable bonds is 4. The molecule has 23 heavy (non-hydrogen) atoms. The van der Waals surface area contributed by atoms with Gasteiger partial charge in [0.05, 0.1) is 12.8 Å². The predicted octanol–water partition coefficient (Wildman–Crippen LogP) is 1.47. The molecule has 0 aliphatic carbocycles. The summed E-state index contributed by atoms with van der Waals surface area (Å²) >= 11 is 1.18. The number of carbonyl (C=O) groups is 1. The molecule has 7 nitrogen and oxygen atoms in total. The highest BCUT2D eigenvalue weighted by Gasteiger charge is 2.26. The fourth-order valence-electron chi connectivity index (χ4n) is 2.58. The highest BCUT2D eigenvalue weighted by Crippen LogP contribution is 2.21. The molecule has 0 unspecified atom stereocenters. The maximum Gasteiger partial charge on any atom is 0.267 e. The summed E-state index contributed by atoms with van der Waals surface area (Å²) < 4.78 is 9.14. The Morgan fingerprint density at radius 1 is 1.35 bits per heavy atom. The zero-order valence-electron chi connectivity index (χ0n) is 13.2. The Bertz CT molecular complexity index is 682. The Hall–Kier alpha value is -2.22. The first-order valence-electron chi connectivity index (χ1n) is 7.58. The second kappa shape index (κ2) is 6.91. The van der Waals surface area contributed by atoms with Crippen molar-refractivity contribution in [2.75, 3.05) is 38.2 Å². The summed E-state index contributed by atoms with van der Waals surface area (Å²) in [6.07, 6.45) is 2.47. The van der Waals surface area contributed by atoms with E-state index in [0.29, 0.717) is 18.0 Å². The molecule has 0 aromatic carbocycles. The van der Waals surface area contributed by atoms with Gasteiger partial charge in [-0.2, -0.15) is 0 Å². The smallest absolute Gasteiger partial charge is 0.267 e.